The molecule has 1 amide bonds. The van der Waals surface area contributed by atoms with Crippen LogP contribution in [0.2, 0.25) is 0 Å². The van der Waals surface area contributed by atoms with Crippen molar-refractivity contribution in [2.75, 3.05) is 16.5 Å². The van der Waals surface area contributed by atoms with Crippen LogP contribution in [0.5, 0.6) is 5.75 Å². The molecule has 1 aliphatic rings. The van der Waals surface area contributed by atoms with Crippen LogP contribution in [-0.2, 0) is 10.1 Å². The quantitative estimate of drug-likeness (QED) is 0.0326. The maximum atomic E-state index is 13.4. The summed E-state index contributed by atoms with van der Waals surface area (Å²) >= 11 is 0. The van der Waals surface area contributed by atoms with E-state index in [1.54, 1.807) is 32.0 Å². The number of aliphatic hydroxyl groups excluding tert-OH is 1. The number of fused-ring (bicyclic) bond motifs is 1. The molecule has 0 unspecified atom stereocenters. The number of nitrogens with two attached hydrogens (primary N) is 1. The lowest BCUT2D eigenvalue weighted by Gasteiger charge is -2.17. The lowest BCUT2D eigenvalue weighted by atomic mass is 9.94. The Morgan fingerprint density at radius 3 is 2.25 bits per heavy atom. The second kappa shape index (κ2) is 12.8. The van der Waals surface area contributed by atoms with E-state index in [2.05, 4.69) is 20.8 Å². The molecule has 0 aliphatic heterocycles. The van der Waals surface area contributed by atoms with Gasteiger partial charge >= 0.3 is 5.97 Å². The number of aryl methyl sites for hydroxylation is 2. The monoisotopic (exact) mass is 669 g/mol. The van der Waals surface area contributed by atoms with Crippen molar-refractivity contribution < 1.29 is 42.7 Å². The number of hydrogen-bond acceptors (Lipinski definition) is 10. The van der Waals surface area contributed by atoms with E-state index in [-0.39, 0.29) is 34.0 Å². The smallest absolute Gasteiger partial charge is 0.339 e. The Morgan fingerprint density at radius 1 is 0.875 bits per heavy atom. The second-order valence-electron chi connectivity index (χ2n) is 10.7. The molecule has 0 radical (unpaired) electrons. The van der Waals surface area contributed by atoms with E-state index in [1.807, 2.05) is 0 Å². The van der Waals surface area contributed by atoms with Crippen LogP contribution in [0.1, 0.15) is 53.3 Å². The number of ketones is 1. The van der Waals surface area contributed by atoms with Gasteiger partial charge in [-0.25, -0.2) is 9.79 Å². The number of nitrogens with zero attached hydrogens (tertiary/aromatic N) is 2. The second-order valence-corrected chi connectivity index (χ2v) is 12.1. The van der Waals surface area contributed by atoms with Crippen molar-refractivity contribution in [1.82, 2.24) is 0 Å². The molecule has 5 rings (SSSR count). The summed E-state index contributed by atoms with van der Waals surface area (Å²) in [5, 5.41) is 35.9. The molecule has 0 spiro atoms. The number of carbonyl (C=O) groups excluding carboxylic acids is 2. The fourth-order valence-corrected chi connectivity index (χ4v) is 5.39. The summed E-state index contributed by atoms with van der Waals surface area (Å²) in [6.07, 6.45) is 1.06. The standard InChI is InChI=1S/C33H27N5O9S/c1-16-11-18(3-8-25(16)34)31(41)35-21-5-7-23-20(13-21)14-28(48(45,46)47)29(30(23)40)38-37-26-9-4-19(12-17(26)2)32(42)36-22-6-10-27(39)24(15-22)33(43)44/h3-15,37,39H,34H2,1-2H3,(H,35,41)(H,36,42)(H,43,44)(H,45,46,47)/b38-29-. The number of carboxylic acids is 1. The lowest BCUT2D eigenvalue weighted by molar-refractivity contribution is 0.0693. The first-order chi connectivity index (χ1) is 22.6. The van der Waals surface area contributed by atoms with E-state index >= 15 is 0 Å². The minimum absolute atomic E-state index is 0.0637. The van der Waals surface area contributed by atoms with Crippen LogP contribution in [0.15, 0.2) is 87.8 Å². The number of anilines is 3. The predicted molar refractivity (Wildman–Crippen MR) is 180 cm³/mol. The van der Waals surface area contributed by atoms with E-state index in [0.717, 1.165) is 23.8 Å². The summed E-state index contributed by atoms with van der Waals surface area (Å²) < 4.78 is 34.7. The largest absolute Gasteiger partial charge is 0.507 e. The SMILES string of the molecule is Cc1cc(C(O)=Nc2ccc3c(c2)C=C(S(=O)(=O)O)/C(=N/Nc2ccc(C(=O)Nc4ccc(O)c(C(=O)O)c4)cc2C)C3=O)ccc1N. The molecule has 8 N–H and O–H groups in total. The third-order valence-electron chi connectivity index (χ3n) is 7.32. The van der Waals surface area contributed by atoms with Crippen LogP contribution in [0, 0.1) is 13.8 Å². The summed E-state index contributed by atoms with van der Waals surface area (Å²) in [6, 6.07) is 16.9. The molecule has 4 aromatic carbocycles. The van der Waals surface area contributed by atoms with Crippen LogP contribution in [0.4, 0.5) is 22.7 Å². The maximum Gasteiger partial charge on any atom is 0.339 e. The van der Waals surface area contributed by atoms with E-state index in [1.165, 1.54) is 42.5 Å². The molecule has 48 heavy (non-hydrogen) atoms. The number of carbonyl (C=O) groups is 3. The van der Waals surface area contributed by atoms with Gasteiger partial charge in [-0.1, -0.05) is 0 Å². The predicted octanol–water partition coefficient (Wildman–Crippen LogP) is 5.07. The van der Waals surface area contributed by atoms with Gasteiger partial charge in [-0.3, -0.25) is 19.6 Å². The average Bonchev–Trinajstić information content (AvgIpc) is 3.02. The van der Waals surface area contributed by atoms with Gasteiger partial charge in [0.2, 0.25) is 11.7 Å². The zero-order valence-electron chi connectivity index (χ0n) is 25.2. The number of aliphatic imine (C=N–C) groups is 1. The number of benzene rings is 4. The van der Waals surface area contributed by atoms with Gasteiger partial charge < -0.3 is 26.4 Å². The molecule has 1 aliphatic carbocycles. The molecule has 0 saturated carbocycles. The van der Waals surface area contributed by atoms with Gasteiger partial charge in [-0.2, -0.15) is 13.5 Å². The van der Waals surface area contributed by atoms with Gasteiger partial charge in [0, 0.05) is 28.1 Å². The van der Waals surface area contributed by atoms with Crippen LogP contribution < -0.4 is 16.5 Å². The summed E-state index contributed by atoms with van der Waals surface area (Å²) in [4.78, 5) is 40.9. The summed E-state index contributed by atoms with van der Waals surface area (Å²) in [5.74, 6) is -3.57. The number of nitrogen functional groups attached to an aromatic ring is 1. The molecule has 244 valence electrons. The van der Waals surface area contributed by atoms with E-state index in [4.69, 9.17) is 5.73 Å². The van der Waals surface area contributed by atoms with Crippen molar-refractivity contribution in [3.05, 3.63) is 117 Å². The highest BCUT2D eigenvalue weighted by Gasteiger charge is 2.33. The normalized spacial score (nSPS) is 13.9. The van der Waals surface area contributed by atoms with Crippen LogP contribution >= 0.6 is 0 Å². The average molecular weight is 670 g/mol. The highest BCUT2D eigenvalue weighted by Crippen LogP contribution is 2.30. The first-order valence-electron chi connectivity index (χ1n) is 14.0. The number of aliphatic hydroxyl groups is 1. The number of hydrazone groups is 1. The van der Waals surface area contributed by atoms with Crippen molar-refractivity contribution in [2.24, 2.45) is 10.1 Å². The Hall–Kier alpha value is -6.32. The molecule has 0 aromatic heterocycles. The molecule has 15 heteroatoms. The Kier molecular flexibility index (Phi) is 8.83. The van der Waals surface area contributed by atoms with Crippen molar-refractivity contribution in [3.8, 4) is 5.75 Å². The first kappa shape index (κ1) is 33.1. The zero-order valence-corrected chi connectivity index (χ0v) is 26.0. The minimum atomic E-state index is -4.94. The van der Waals surface area contributed by atoms with Crippen molar-refractivity contribution >= 4 is 68.2 Å². The number of phenols is 1. The summed E-state index contributed by atoms with van der Waals surface area (Å²) in [6.45, 7) is 3.38. The number of hydrogen-bond donors (Lipinski definition) is 7. The maximum absolute atomic E-state index is 13.4. The van der Waals surface area contributed by atoms with Crippen molar-refractivity contribution in [2.45, 2.75) is 13.8 Å². The van der Waals surface area contributed by atoms with Crippen LogP contribution in [-0.4, -0.2) is 57.6 Å². The number of carboxylic acid groups (broad SMARTS) is 1. The number of Topliss-reactive ketones (excluding diaryl/α,β-unsaturated/α-hetero) is 1. The molecule has 4 aromatic rings. The van der Waals surface area contributed by atoms with Crippen LogP contribution in [0.25, 0.3) is 6.08 Å². The summed E-state index contributed by atoms with van der Waals surface area (Å²) in [5.41, 5.74) is 10.6. The Balaban J connectivity index is 1.39. The molecular weight excluding hydrogens is 642 g/mol. The van der Waals surface area contributed by atoms with Gasteiger partial charge in [-0.05, 0) is 109 Å². The van der Waals surface area contributed by atoms with Gasteiger partial charge in [0.25, 0.3) is 16.0 Å². The fourth-order valence-electron chi connectivity index (χ4n) is 4.73. The number of rotatable bonds is 8. The molecule has 0 heterocycles. The van der Waals surface area contributed by atoms with E-state index in [0.29, 0.717) is 22.5 Å². The van der Waals surface area contributed by atoms with Gasteiger partial charge in [0.05, 0.1) is 11.4 Å². The van der Waals surface area contributed by atoms with Gasteiger partial charge in [0.1, 0.15) is 16.2 Å². The van der Waals surface area contributed by atoms with Crippen molar-refractivity contribution in [3.63, 3.8) is 0 Å². The van der Waals surface area contributed by atoms with Gasteiger partial charge in [-0.15, -0.1) is 0 Å². The molecule has 14 nitrogen and oxygen atoms in total. The molecule has 0 atom stereocenters. The fraction of sp³-hybridized carbons (Fsp3) is 0.0606. The Morgan fingerprint density at radius 2 is 1.58 bits per heavy atom. The third kappa shape index (κ3) is 6.91. The number of nitrogens with one attached hydrogen (secondary N) is 2. The Bertz CT molecular complexity index is 2240. The highest BCUT2D eigenvalue weighted by atomic mass is 32.2. The van der Waals surface area contributed by atoms with E-state index in [9.17, 15) is 42.7 Å². The number of allylic oxidation sites excluding steroid dienone is 1. The van der Waals surface area contributed by atoms with Gasteiger partial charge in [0.15, 0.2) is 5.71 Å². The zero-order chi connectivity index (χ0) is 34.9. The third-order valence-corrected chi connectivity index (χ3v) is 8.18. The topological polar surface area (TPSA) is 241 Å². The molecule has 0 bridgehead atoms. The molecular formula is C33H27N5O9S. The number of aromatic hydroxyl groups is 1. The Labute approximate surface area is 273 Å². The first-order valence-corrected chi connectivity index (χ1v) is 15.4. The van der Waals surface area contributed by atoms with Crippen LogP contribution in [0.3, 0.4) is 0 Å². The van der Waals surface area contributed by atoms with E-state index < -0.39 is 49.7 Å². The molecule has 0 saturated heterocycles. The number of aromatic carboxylic acids is 1. The summed E-state index contributed by atoms with van der Waals surface area (Å²) in [7, 11) is -4.94. The number of amides is 1. The minimum Gasteiger partial charge on any atom is -0.507 e. The lowest BCUT2D eigenvalue weighted by Crippen LogP contribution is -2.27. The molecule has 0 fully saturated rings. The highest BCUT2D eigenvalue weighted by molar-refractivity contribution is 7.91. The van der Waals surface area contributed by atoms with Crippen molar-refractivity contribution in [1.29, 1.82) is 0 Å².